The van der Waals surface area contributed by atoms with Gasteiger partial charge in [0.15, 0.2) is 0 Å². The van der Waals surface area contributed by atoms with Crippen LogP contribution in [-0.4, -0.2) is 41.4 Å². The Balaban J connectivity index is 0.00000288. The maximum absolute atomic E-state index is 13.7. The van der Waals surface area contributed by atoms with Gasteiger partial charge in [0, 0.05) is 18.3 Å². The first kappa shape index (κ1) is 20.7. The Bertz CT molecular complexity index is 574. The zero-order valence-electron chi connectivity index (χ0n) is 13.5. The van der Waals surface area contributed by atoms with E-state index in [0.29, 0.717) is 30.7 Å². The minimum atomic E-state index is -0.544. The van der Waals surface area contributed by atoms with Gasteiger partial charge in [-0.3, -0.25) is 9.59 Å². The summed E-state index contributed by atoms with van der Waals surface area (Å²) in [5.41, 5.74) is 6.14. The zero-order chi connectivity index (χ0) is 16.8. The van der Waals surface area contributed by atoms with E-state index in [0.717, 1.165) is 0 Å². The molecular weight excluding hydrogens is 353 g/mol. The van der Waals surface area contributed by atoms with Gasteiger partial charge in [-0.1, -0.05) is 18.2 Å². The normalized spacial score (nSPS) is 21.4. The number of amides is 2. The lowest BCUT2D eigenvalue weighted by Crippen LogP contribution is -2.54. The fourth-order valence-electron chi connectivity index (χ4n) is 2.30. The van der Waals surface area contributed by atoms with E-state index < -0.39 is 6.04 Å². The highest BCUT2D eigenvalue weighted by Crippen LogP contribution is 2.23. The second kappa shape index (κ2) is 9.86. The molecule has 0 aromatic heterocycles. The van der Waals surface area contributed by atoms with Crippen molar-refractivity contribution in [3.8, 4) is 0 Å². The predicted molar refractivity (Wildman–Crippen MR) is 96.8 cm³/mol. The molecule has 0 aliphatic carbocycles. The fourth-order valence-corrected chi connectivity index (χ4v) is 3.47. The van der Waals surface area contributed by atoms with Gasteiger partial charge in [-0.15, -0.1) is 24.2 Å². The van der Waals surface area contributed by atoms with Crippen molar-refractivity contribution in [1.29, 1.82) is 0 Å². The highest BCUT2D eigenvalue weighted by atomic mass is 35.5. The Morgan fingerprint density at radius 2 is 2.21 bits per heavy atom. The minimum Gasteiger partial charge on any atom is -0.354 e. The number of rotatable bonds is 6. The first-order chi connectivity index (χ1) is 11.0. The molecule has 0 saturated carbocycles. The Labute approximate surface area is 151 Å². The van der Waals surface area contributed by atoms with Crippen LogP contribution in [0, 0.1) is 5.82 Å². The summed E-state index contributed by atoms with van der Waals surface area (Å²) in [6.45, 7) is 2.36. The number of carbonyl (C=O) groups is 2. The molecule has 8 heteroatoms. The predicted octanol–water partition coefficient (Wildman–Crippen LogP) is 1.24. The third kappa shape index (κ3) is 5.96. The van der Waals surface area contributed by atoms with E-state index in [-0.39, 0.29) is 41.3 Å². The summed E-state index contributed by atoms with van der Waals surface area (Å²) in [5.74, 6) is -0.251. The molecule has 1 aromatic rings. The molecule has 0 bridgehead atoms. The zero-order valence-corrected chi connectivity index (χ0v) is 15.1. The molecule has 1 aliphatic heterocycles. The summed E-state index contributed by atoms with van der Waals surface area (Å²) >= 11 is 1.39. The molecule has 1 saturated heterocycles. The first-order valence-electron chi connectivity index (χ1n) is 7.66. The van der Waals surface area contributed by atoms with Crippen LogP contribution in [0.25, 0.3) is 0 Å². The molecule has 1 fully saturated rings. The van der Waals surface area contributed by atoms with E-state index in [9.17, 15) is 14.0 Å². The number of hydrogen-bond acceptors (Lipinski definition) is 4. The van der Waals surface area contributed by atoms with E-state index in [4.69, 9.17) is 5.73 Å². The highest BCUT2D eigenvalue weighted by Gasteiger charge is 2.32. The second-order valence-corrected chi connectivity index (χ2v) is 6.97. The van der Waals surface area contributed by atoms with E-state index in [1.54, 1.807) is 18.2 Å². The summed E-state index contributed by atoms with van der Waals surface area (Å²) in [4.78, 5) is 24.2. The third-order valence-corrected chi connectivity index (χ3v) is 4.96. The van der Waals surface area contributed by atoms with Crippen molar-refractivity contribution < 1.29 is 14.0 Å². The van der Waals surface area contributed by atoms with Crippen LogP contribution < -0.4 is 16.4 Å². The Morgan fingerprint density at radius 1 is 1.50 bits per heavy atom. The molecule has 3 unspecified atom stereocenters. The largest absolute Gasteiger partial charge is 0.354 e. The molecule has 24 heavy (non-hydrogen) atoms. The Morgan fingerprint density at radius 3 is 2.83 bits per heavy atom. The monoisotopic (exact) mass is 375 g/mol. The van der Waals surface area contributed by atoms with Crippen molar-refractivity contribution >= 4 is 36.0 Å². The molecule has 2 amide bonds. The van der Waals surface area contributed by atoms with Crippen molar-refractivity contribution in [1.82, 2.24) is 10.6 Å². The molecule has 1 heterocycles. The van der Waals surface area contributed by atoms with Gasteiger partial charge in [0.2, 0.25) is 11.8 Å². The van der Waals surface area contributed by atoms with Gasteiger partial charge in [0.05, 0.1) is 5.25 Å². The molecule has 5 nitrogen and oxygen atoms in total. The van der Waals surface area contributed by atoms with E-state index in [1.165, 1.54) is 17.8 Å². The van der Waals surface area contributed by atoms with Gasteiger partial charge < -0.3 is 16.4 Å². The van der Waals surface area contributed by atoms with E-state index in [2.05, 4.69) is 10.6 Å². The lowest BCUT2D eigenvalue weighted by atomic mass is 10.1. The summed E-state index contributed by atoms with van der Waals surface area (Å²) in [7, 11) is 0. The molecule has 134 valence electrons. The molecular formula is C16H23ClFN3O2S. The first-order valence-corrected chi connectivity index (χ1v) is 8.71. The summed E-state index contributed by atoms with van der Waals surface area (Å²) < 4.78 is 13.7. The third-order valence-electron chi connectivity index (χ3n) is 3.65. The number of hydrogen-bond donors (Lipinski definition) is 3. The van der Waals surface area contributed by atoms with Gasteiger partial charge in [0.25, 0.3) is 0 Å². The quantitative estimate of drug-likeness (QED) is 0.698. The van der Waals surface area contributed by atoms with Crippen molar-refractivity contribution in [2.45, 2.75) is 37.1 Å². The van der Waals surface area contributed by atoms with Crippen molar-refractivity contribution in [3.05, 3.63) is 35.6 Å². The Kier molecular flexibility index (Phi) is 8.52. The topological polar surface area (TPSA) is 84.2 Å². The molecule has 4 N–H and O–H groups in total. The van der Waals surface area contributed by atoms with Gasteiger partial charge >= 0.3 is 0 Å². The number of nitrogens with one attached hydrogen (secondary N) is 2. The van der Waals surface area contributed by atoms with E-state index in [1.807, 2.05) is 6.92 Å². The van der Waals surface area contributed by atoms with Crippen molar-refractivity contribution in [3.63, 3.8) is 0 Å². The van der Waals surface area contributed by atoms with Crippen LogP contribution in [0.2, 0.25) is 0 Å². The van der Waals surface area contributed by atoms with Crippen molar-refractivity contribution in [2.24, 2.45) is 5.73 Å². The molecule has 0 spiro atoms. The van der Waals surface area contributed by atoms with Crippen LogP contribution in [0.15, 0.2) is 24.3 Å². The average molecular weight is 376 g/mol. The second-order valence-electron chi connectivity index (χ2n) is 5.74. The lowest BCUT2D eigenvalue weighted by molar-refractivity contribution is -0.128. The highest BCUT2D eigenvalue weighted by molar-refractivity contribution is 8.00. The number of benzene rings is 1. The Hall–Kier alpha value is -1.31. The van der Waals surface area contributed by atoms with Gasteiger partial charge in [-0.25, -0.2) is 4.39 Å². The van der Waals surface area contributed by atoms with Crippen LogP contribution in [0.4, 0.5) is 4.39 Å². The van der Waals surface area contributed by atoms with Crippen molar-refractivity contribution in [2.75, 3.05) is 12.3 Å². The summed E-state index contributed by atoms with van der Waals surface area (Å²) in [6, 6.07) is 5.91. The molecule has 2 rings (SSSR count). The number of halogens is 2. The maximum atomic E-state index is 13.7. The molecule has 0 radical (unpaired) electrons. The SMILES string of the molecule is CC(N)CCNC(=O)C1CSC(Cc2ccccc2F)C(=O)N1.Cl. The fraction of sp³-hybridized carbons (Fsp3) is 0.500. The van der Waals surface area contributed by atoms with Gasteiger partial charge in [-0.05, 0) is 31.4 Å². The average Bonchev–Trinajstić information content (AvgIpc) is 2.50. The van der Waals surface area contributed by atoms with Gasteiger partial charge in [0.1, 0.15) is 11.9 Å². The minimum absolute atomic E-state index is 0. The lowest BCUT2D eigenvalue weighted by Gasteiger charge is -2.28. The van der Waals surface area contributed by atoms with Crippen LogP contribution in [0.1, 0.15) is 18.9 Å². The molecule has 1 aromatic carbocycles. The van der Waals surface area contributed by atoms with Crippen LogP contribution in [0.3, 0.4) is 0 Å². The number of carbonyl (C=O) groups excluding carboxylic acids is 2. The maximum Gasteiger partial charge on any atom is 0.243 e. The van der Waals surface area contributed by atoms with Crippen LogP contribution in [-0.2, 0) is 16.0 Å². The standard InChI is InChI=1S/C16H22FN3O2S.ClH/c1-10(18)6-7-19-15(21)13-9-23-14(16(22)20-13)8-11-4-2-3-5-12(11)17;/h2-5,10,13-14H,6-9,18H2,1H3,(H,19,21)(H,20,22);1H. The molecule has 1 aliphatic rings. The summed E-state index contributed by atoms with van der Waals surface area (Å²) in [6.07, 6.45) is 1.01. The number of thioether (sulfide) groups is 1. The number of nitrogens with two attached hydrogens (primary N) is 1. The smallest absolute Gasteiger partial charge is 0.243 e. The van der Waals surface area contributed by atoms with Crippen LogP contribution >= 0.6 is 24.2 Å². The van der Waals surface area contributed by atoms with Crippen LogP contribution in [0.5, 0.6) is 0 Å². The van der Waals surface area contributed by atoms with E-state index >= 15 is 0 Å². The molecule has 3 atom stereocenters. The summed E-state index contributed by atoms with van der Waals surface area (Å²) in [5, 5.41) is 5.11. The van der Waals surface area contributed by atoms with Gasteiger partial charge in [-0.2, -0.15) is 0 Å².